The van der Waals surface area contributed by atoms with E-state index in [0.717, 1.165) is 6.42 Å². The standard InChI is InChI=1S/C17H15F2NO2S/c18-17(19)22-14-4-2-1-3-12(14)5-6-16(21)20-9-7-15-13(11-20)8-10-23-15/h1-6,8,10,17H,7,9,11H2/b6-5+. The first-order valence-corrected chi connectivity index (χ1v) is 8.07. The van der Waals surface area contributed by atoms with E-state index in [1.807, 2.05) is 11.4 Å². The van der Waals surface area contributed by atoms with Gasteiger partial charge in [-0.15, -0.1) is 11.3 Å². The predicted molar refractivity (Wildman–Crippen MR) is 85.5 cm³/mol. The SMILES string of the molecule is O=C(/C=C/c1ccccc1OC(F)F)N1CCc2sccc2C1. The van der Waals surface area contributed by atoms with Crippen molar-refractivity contribution in [3.63, 3.8) is 0 Å². The maximum Gasteiger partial charge on any atom is 0.387 e. The highest BCUT2D eigenvalue weighted by atomic mass is 32.1. The molecule has 3 rings (SSSR count). The van der Waals surface area contributed by atoms with Crippen LogP contribution in [0.3, 0.4) is 0 Å². The molecule has 0 spiro atoms. The first-order valence-electron chi connectivity index (χ1n) is 7.19. The molecule has 1 aliphatic heterocycles. The number of thiophene rings is 1. The van der Waals surface area contributed by atoms with Gasteiger partial charge in [0.1, 0.15) is 5.75 Å². The maximum atomic E-state index is 12.4. The normalized spacial score (nSPS) is 14.3. The van der Waals surface area contributed by atoms with Crippen molar-refractivity contribution in [1.29, 1.82) is 0 Å². The third-order valence-corrected chi connectivity index (χ3v) is 4.68. The lowest BCUT2D eigenvalue weighted by Crippen LogP contribution is -2.34. The molecule has 0 atom stereocenters. The summed E-state index contributed by atoms with van der Waals surface area (Å²) < 4.78 is 29.2. The Kier molecular flexibility index (Phi) is 4.71. The molecule has 1 aromatic heterocycles. The van der Waals surface area contributed by atoms with Gasteiger partial charge in [-0.25, -0.2) is 0 Å². The molecule has 2 heterocycles. The van der Waals surface area contributed by atoms with E-state index < -0.39 is 6.61 Å². The molecular weight excluding hydrogens is 320 g/mol. The summed E-state index contributed by atoms with van der Waals surface area (Å²) in [5.74, 6) is -0.0704. The van der Waals surface area contributed by atoms with Gasteiger partial charge in [-0.3, -0.25) is 4.79 Å². The molecule has 23 heavy (non-hydrogen) atoms. The number of carbonyl (C=O) groups is 1. The van der Waals surface area contributed by atoms with Crippen molar-refractivity contribution in [3.8, 4) is 5.75 Å². The number of para-hydroxylation sites is 1. The summed E-state index contributed by atoms with van der Waals surface area (Å²) in [7, 11) is 0. The fourth-order valence-electron chi connectivity index (χ4n) is 2.52. The summed E-state index contributed by atoms with van der Waals surface area (Å²) in [5, 5.41) is 2.03. The molecule has 120 valence electrons. The fraction of sp³-hybridized carbons (Fsp3) is 0.235. The first kappa shape index (κ1) is 15.7. The smallest absolute Gasteiger partial charge is 0.387 e. The minimum absolute atomic E-state index is 0.0605. The van der Waals surface area contributed by atoms with Crippen molar-refractivity contribution in [2.45, 2.75) is 19.6 Å². The van der Waals surface area contributed by atoms with Crippen LogP contribution in [0.15, 0.2) is 41.8 Å². The van der Waals surface area contributed by atoms with E-state index in [4.69, 9.17) is 0 Å². The van der Waals surface area contributed by atoms with Crippen LogP contribution in [0, 0.1) is 0 Å². The summed E-state index contributed by atoms with van der Waals surface area (Å²) in [6, 6.07) is 8.44. The molecule has 0 aliphatic carbocycles. The zero-order chi connectivity index (χ0) is 16.2. The van der Waals surface area contributed by atoms with Gasteiger partial charge in [-0.2, -0.15) is 8.78 Å². The highest BCUT2D eigenvalue weighted by Gasteiger charge is 2.19. The Labute approximate surface area is 136 Å². The van der Waals surface area contributed by atoms with Crippen LogP contribution in [0.25, 0.3) is 6.08 Å². The minimum atomic E-state index is -2.89. The number of alkyl halides is 2. The van der Waals surface area contributed by atoms with Crippen LogP contribution in [-0.2, 0) is 17.8 Å². The minimum Gasteiger partial charge on any atom is -0.434 e. The largest absolute Gasteiger partial charge is 0.434 e. The molecule has 1 amide bonds. The second-order valence-corrected chi connectivity index (χ2v) is 6.13. The second-order valence-electron chi connectivity index (χ2n) is 5.13. The van der Waals surface area contributed by atoms with Crippen molar-refractivity contribution < 1.29 is 18.3 Å². The van der Waals surface area contributed by atoms with Crippen molar-refractivity contribution >= 4 is 23.3 Å². The summed E-state index contributed by atoms with van der Waals surface area (Å²) >= 11 is 1.71. The number of amides is 1. The van der Waals surface area contributed by atoms with Crippen LogP contribution in [0.4, 0.5) is 8.78 Å². The van der Waals surface area contributed by atoms with Crippen molar-refractivity contribution in [2.75, 3.05) is 6.54 Å². The average molecular weight is 335 g/mol. The highest BCUT2D eigenvalue weighted by Crippen LogP contribution is 2.25. The van der Waals surface area contributed by atoms with Gasteiger partial charge >= 0.3 is 6.61 Å². The van der Waals surface area contributed by atoms with Gasteiger partial charge in [0, 0.05) is 29.6 Å². The predicted octanol–water partition coefficient (Wildman–Crippen LogP) is 3.95. The Morgan fingerprint density at radius 3 is 2.96 bits per heavy atom. The van der Waals surface area contributed by atoms with Crippen LogP contribution in [0.2, 0.25) is 0 Å². The quantitative estimate of drug-likeness (QED) is 0.792. The number of nitrogens with zero attached hydrogens (tertiary/aromatic N) is 1. The molecule has 0 unspecified atom stereocenters. The molecule has 0 fully saturated rings. The van der Waals surface area contributed by atoms with Crippen LogP contribution in [0.1, 0.15) is 16.0 Å². The van der Waals surface area contributed by atoms with Gasteiger partial charge in [-0.1, -0.05) is 18.2 Å². The number of ether oxygens (including phenoxy) is 1. The van der Waals surface area contributed by atoms with Crippen LogP contribution < -0.4 is 4.74 Å². The monoisotopic (exact) mass is 335 g/mol. The van der Waals surface area contributed by atoms with Gasteiger partial charge in [0.2, 0.25) is 5.91 Å². The van der Waals surface area contributed by atoms with E-state index in [2.05, 4.69) is 4.74 Å². The van der Waals surface area contributed by atoms with Gasteiger partial charge < -0.3 is 9.64 Å². The molecule has 0 radical (unpaired) electrons. The molecule has 0 saturated carbocycles. The number of carbonyl (C=O) groups excluding carboxylic acids is 1. The average Bonchev–Trinajstić information content (AvgIpc) is 3.00. The van der Waals surface area contributed by atoms with Crippen molar-refractivity contribution in [1.82, 2.24) is 4.90 Å². The molecule has 6 heteroatoms. The van der Waals surface area contributed by atoms with E-state index in [9.17, 15) is 13.6 Å². The molecule has 1 aliphatic rings. The van der Waals surface area contributed by atoms with Gasteiger partial charge in [0.05, 0.1) is 0 Å². The van der Waals surface area contributed by atoms with E-state index in [0.29, 0.717) is 18.7 Å². The third kappa shape index (κ3) is 3.76. The lowest BCUT2D eigenvalue weighted by atomic mass is 10.1. The van der Waals surface area contributed by atoms with Crippen LogP contribution >= 0.6 is 11.3 Å². The third-order valence-electron chi connectivity index (χ3n) is 3.66. The fourth-order valence-corrected chi connectivity index (χ4v) is 3.41. The molecule has 0 bridgehead atoms. The number of rotatable bonds is 4. The second kappa shape index (κ2) is 6.91. The van der Waals surface area contributed by atoms with Gasteiger partial charge in [-0.05, 0) is 35.6 Å². The summed E-state index contributed by atoms with van der Waals surface area (Å²) in [4.78, 5) is 15.4. The molecule has 1 aromatic carbocycles. The van der Waals surface area contributed by atoms with Crippen molar-refractivity contribution in [3.05, 3.63) is 57.8 Å². The lowest BCUT2D eigenvalue weighted by molar-refractivity contribution is -0.126. The van der Waals surface area contributed by atoms with Crippen molar-refractivity contribution in [2.24, 2.45) is 0 Å². The van der Waals surface area contributed by atoms with E-state index in [1.54, 1.807) is 34.4 Å². The van der Waals surface area contributed by atoms with E-state index in [1.165, 1.54) is 28.7 Å². The van der Waals surface area contributed by atoms with E-state index in [-0.39, 0.29) is 11.7 Å². The summed E-state index contributed by atoms with van der Waals surface area (Å²) in [6.45, 7) is -1.62. The topological polar surface area (TPSA) is 29.5 Å². The number of hydrogen-bond acceptors (Lipinski definition) is 3. The lowest BCUT2D eigenvalue weighted by Gasteiger charge is -2.25. The number of benzene rings is 1. The Bertz CT molecular complexity index is 727. The Balaban J connectivity index is 1.70. The highest BCUT2D eigenvalue weighted by molar-refractivity contribution is 7.10. The molecule has 0 N–H and O–H groups in total. The number of halogens is 2. The molecule has 3 nitrogen and oxygen atoms in total. The van der Waals surface area contributed by atoms with E-state index >= 15 is 0 Å². The van der Waals surface area contributed by atoms with Gasteiger partial charge in [0.25, 0.3) is 0 Å². The maximum absolute atomic E-state index is 12.4. The Morgan fingerprint density at radius 1 is 1.30 bits per heavy atom. The van der Waals surface area contributed by atoms with Crippen LogP contribution in [-0.4, -0.2) is 24.0 Å². The number of fused-ring (bicyclic) bond motifs is 1. The molecule has 0 saturated heterocycles. The number of hydrogen-bond donors (Lipinski definition) is 0. The molecular formula is C17H15F2NO2S. The Hall–Kier alpha value is -2.21. The molecule has 2 aromatic rings. The van der Waals surface area contributed by atoms with Gasteiger partial charge in [0.15, 0.2) is 0 Å². The first-order chi connectivity index (χ1) is 11.1. The summed E-state index contributed by atoms with van der Waals surface area (Å²) in [6.07, 6.45) is 3.78. The zero-order valence-corrected chi connectivity index (χ0v) is 13.1. The summed E-state index contributed by atoms with van der Waals surface area (Å²) in [5.41, 5.74) is 1.64. The van der Waals surface area contributed by atoms with Crippen LogP contribution in [0.5, 0.6) is 5.75 Å². The zero-order valence-electron chi connectivity index (χ0n) is 12.2. The Morgan fingerprint density at radius 2 is 2.13 bits per heavy atom.